The summed E-state index contributed by atoms with van der Waals surface area (Å²) in [5, 5.41) is 16.2. The minimum atomic E-state index is -0.182. The first-order chi connectivity index (χ1) is 10.6. The molecule has 1 fully saturated rings. The second-order valence-electron chi connectivity index (χ2n) is 5.93. The molecule has 0 heterocycles. The minimum absolute atomic E-state index is 0.153. The molecule has 1 aliphatic carbocycles. The van der Waals surface area contributed by atoms with Gasteiger partial charge in [-0.15, -0.1) is 0 Å². The van der Waals surface area contributed by atoms with Crippen molar-refractivity contribution in [3.63, 3.8) is 0 Å². The first-order valence-electron chi connectivity index (χ1n) is 8.06. The predicted octanol–water partition coefficient (Wildman–Crippen LogP) is 2.49. The van der Waals surface area contributed by atoms with Crippen LogP contribution in [0.15, 0.2) is 23.2 Å². The second-order valence-corrected chi connectivity index (χ2v) is 5.93. The summed E-state index contributed by atoms with van der Waals surface area (Å²) in [5.41, 5.74) is 1.64. The lowest BCUT2D eigenvalue weighted by atomic mass is 9.93. The number of hydrogen-bond acceptors (Lipinski definition) is 2. The third kappa shape index (κ3) is 4.98. The van der Waals surface area contributed by atoms with Crippen molar-refractivity contribution in [2.75, 3.05) is 6.54 Å². The van der Waals surface area contributed by atoms with Crippen molar-refractivity contribution < 1.29 is 9.50 Å². The zero-order valence-electron chi connectivity index (χ0n) is 13.4. The largest absolute Gasteiger partial charge is 0.393 e. The van der Waals surface area contributed by atoms with Crippen molar-refractivity contribution in [2.45, 2.75) is 58.2 Å². The number of nitrogens with zero attached hydrogens (tertiary/aromatic N) is 1. The van der Waals surface area contributed by atoms with Crippen molar-refractivity contribution in [3.05, 3.63) is 35.1 Å². The summed E-state index contributed by atoms with van der Waals surface area (Å²) in [6, 6.07) is 5.45. The van der Waals surface area contributed by atoms with Crippen LogP contribution in [0.3, 0.4) is 0 Å². The van der Waals surface area contributed by atoms with Gasteiger partial charge in [-0.05, 0) is 56.7 Å². The van der Waals surface area contributed by atoms with Gasteiger partial charge in [-0.3, -0.25) is 0 Å². The quantitative estimate of drug-likeness (QED) is 0.592. The molecule has 22 heavy (non-hydrogen) atoms. The fourth-order valence-electron chi connectivity index (χ4n) is 2.71. The topological polar surface area (TPSA) is 56.7 Å². The summed E-state index contributed by atoms with van der Waals surface area (Å²) in [6.07, 6.45) is 3.45. The molecule has 0 atom stereocenters. The Hall–Kier alpha value is -1.62. The summed E-state index contributed by atoms with van der Waals surface area (Å²) in [5.74, 6) is 0.601. The molecule has 122 valence electrons. The number of hydrogen-bond donors (Lipinski definition) is 3. The van der Waals surface area contributed by atoms with E-state index in [0.717, 1.165) is 43.8 Å². The van der Waals surface area contributed by atoms with Gasteiger partial charge in [0, 0.05) is 12.6 Å². The number of aliphatic imine (C=N–C) groups is 1. The maximum Gasteiger partial charge on any atom is 0.191 e. The number of rotatable bonds is 4. The zero-order chi connectivity index (χ0) is 15.9. The third-order valence-electron chi connectivity index (χ3n) is 4.02. The van der Waals surface area contributed by atoms with Crippen LogP contribution in [-0.2, 0) is 6.54 Å². The first-order valence-corrected chi connectivity index (χ1v) is 8.06. The molecule has 0 aliphatic heterocycles. The molecule has 0 amide bonds. The molecular formula is C17H26FN3O. The highest BCUT2D eigenvalue weighted by molar-refractivity contribution is 5.80. The lowest BCUT2D eigenvalue weighted by Gasteiger charge is -2.27. The van der Waals surface area contributed by atoms with E-state index in [1.165, 1.54) is 6.07 Å². The minimum Gasteiger partial charge on any atom is -0.393 e. The van der Waals surface area contributed by atoms with Crippen LogP contribution in [-0.4, -0.2) is 29.8 Å². The van der Waals surface area contributed by atoms with Gasteiger partial charge in [-0.25, -0.2) is 9.38 Å². The molecule has 5 heteroatoms. The van der Waals surface area contributed by atoms with Gasteiger partial charge in [0.05, 0.1) is 12.6 Å². The highest BCUT2D eigenvalue weighted by Gasteiger charge is 2.19. The van der Waals surface area contributed by atoms with E-state index in [-0.39, 0.29) is 11.9 Å². The second kappa shape index (κ2) is 8.13. The molecule has 4 nitrogen and oxygen atoms in total. The van der Waals surface area contributed by atoms with Crippen LogP contribution in [0.1, 0.15) is 43.7 Å². The van der Waals surface area contributed by atoms with E-state index in [9.17, 15) is 9.50 Å². The Balaban J connectivity index is 1.95. The monoisotopic (exact) mass is 307 g/mol. The van der Waals surface area contributed by atoms with Crippen LogP contribution in [0.25, 0.3) is 0 Å². The van der Waals surface area contributed by atoms with Gasteiger partial charge < -0.3 is 15.7 Å². The van der Waals surface area contributed by atoms with Crippen molar-refractivity contribution in [2.24, 2.45) is 4.99 Å². The van der Waals surface area contributed by atoms with Gasteiger partial charge in [0.1, 0.15) is 5.82 Å². The number of guanidine groups is 1. The van der Waals surface area contributed by atoms with Gasteiger partial charge in [0.15, 0.2) is 5.96 Å². The van der Waals surface area contributed by atoms with E-state index in [1.54, 1.807) is 13.0 Å². The molecule has 0 radical (unpaired) electrons. The number of halogens is 1. The molecular weight excluding hydrogens is 281 g/mol. The number of aliphatic hydroxyl groups excluding tert-OH is 1. The number of nitrogens with one attached hydrogen (secondary N) is 2. The van der Waals surface area contributed by atoms with Crippen LogP contribution in [0.5, 0.6) is 0 Å². The Kier molecular flexibility index (Phi) is 6.19. The number of benzene rings is 1. The normalized spacial score (nSPS) is 22.5. The van der Waals surface area contributed by atoms with Gasteiger partial charge in [0.25, 0.3) is 0 Å². The Morgan fingerprint density at radius 2 is 2.05 bits per heavy atom. The van der Waals surface area contributed by atoms with Gasteiger partial charge in [0.2, 0.25) is 0 Å². The SMILES string of the molecule is CCNC(=NCc1ccc(F)c(C)c1)NC1CCC(O)CC1. The highest BCUT2D eigenvalue weighted by Crippen LogP contribution is 2.18. The molecule has 0 aromatic heterocycles. The van der Waals surface area contributed by atoms with E-state index in [2.05, 4.69) is 15.6 Å². The summed E-state index contributed by atoms with van der Waals surface area (Å²) in [6.45, 7) is 5.11. The Morgan fingerprint density at radius 3 is 2.68 bits per heavy atom. The molecule has 2 rings (SSSR count). The standard InChI is InChI=1S/C17H26FN3O/c1-3-19-17(21-14-5-7-15(22)8-6-14)20-11-13-4-9-16(18)12(2)10-13/h4,9-10,14-15,22H,3,5-8,11H2,1-2H3,(H2,19,20,21). The maximum atomic E-state index is 13.3. The van der Waals surface area contributed by atoms with Crippen LogP contribution < -0.4 is 10.6 Å². The van der Waals surface area contributed by atoms with Crippen LogP contribution in [0, 0.1) is 12.7 Å². The molecule has 0 spiro atoms. The average Bonchev–Trinajstić information content (AvgIpc) is 2.50. The van der Waals surface area contributed by atoms with Gasteiger partial charge in [-0.1, -0.05) is 12.1 Å². The van der Waals surface area contributed by atoms with Crippen LogP contribution >= 0.6 is 0 Å². The summed E-state index contributed by atoms with van der Waals surface area (Å²) < 4.78 is 13.3. The lowest BCUT2D eigenvalue weighted by Crippen LogP contribution is -2.45. The van der Waals surface area contributed by atoms with E-state index in [4.69, 9.17) is 0 Å². The van der Waals surface area contributed by atoms with Crippen LogP contribution in [0.4, 0.5) is 4.39 Å². The summed E-state index contributed by atoms with van der Waals surface area (Å²) >= 11 is 0. The molecule has 0 saturated heterocycles. The fourth-order valence-corrected chi connectivity index (χ4v) is 2.71. The van der Waals surface area contributed by atoms with E-state index < -0.39 is 0 Å². The fraction of sp³-hybridized carbons (Fsp3) is 0.588. The number of aliphatic hydroxyl groups is 1. The van der Waals surface area contributed by atoms with Crippen molar-refractivity contribution in [3.8, 4) is 0 Å². The van der Waals surface area contributed by atoms with E-state index in [1.807, 2.05) is 13.0 Å². The van der Waals surface area contributed by atoms with Crippen LogP contribution in [0.2, 0.25) is 0 Å². The smallest absolute Gasteiger partial charge is 0.191 e. The molecule has 0 unspecified atom stereocenters. The van der Waals surface area contributed by atoms with E-state index in [0.29, 0.717) is 18.2 Å². The average molecular weight is 307 g/mol. The van der Waals surface area contributed by atoms with Crippen molar-refractivity contribution >= 4 is 5.96 Å². The molecule has 1 saturated carbocycles. The Morgan fingerprint density at radius 1 is 1.32 bits per heavy atom. The van der Waals surface area contributed by atoms with Crippen molar-refractivity contribution in [1.29, 1.82) is 0 Å². The summed E-state index contributed by atoms with van der Waals surface area (Å²) in [4.78, 5) is 4.58. The van der Waals surface area contributed by atoms with Gasteiger partial charge in [-0.2, -0.15) is 0 Å². The Bertz CT molecular complexity index is 511. The maximum absolute atomic E-state index is 13.3. The van der Waals surface area contributed by atoms with E-state index >= 15 is 0 Å². The molecule has 1 aliphatic rings. The first kappa shape index (κ1) is 16.7. The molecule has 3 N–H and O–H groups in total. The highest BCUT2D eigenvalue weighted by atomic mass is 19.1. The van der Waals surface area contributed by atoms with Gasteiger partial charge >= 0.3 is 0 Å². The predicted molar refractivity (Wildman–Crippen MR) is 87.4 cm³/mol. The zero-order valence-corrected chi connectivity index (χ0v) is 13.4. The molecule has 0 bridgehead atoms. The van der Waals surface area contributed by atoms with Crippen molar-refractivity contribution in [1.82, 2.24) is 10.6 Å². The lowest BCUT2D eigenvalue weighted by molar-refractivity contribution is 0.120. The molecule has 1 aromatic carbocycles. The Labute approximate surface area is 131 Å². The number of aryl methyl sites for hydroxylation is 1. The molecule has 1 aromatic rings. The summed E-state index contributed by atoms with van der Waals surface area (Å²) in [7, 11) is 0. The third-order valence-corrected chi connectivity index (χ3v) is 4.02.